The summed E-state index contributed by atoms with van der Waals surface area (Å²) >= 11 is 1.61. The molecule has 0 bridgehead atoms. The molecule has 0 spiro atoms. The minimum absolute atomic E-state index is 0.301. The van der Waals surface area contributed by atoms with Gasteiger partial charge in [0.2, 0.25) is 6.23 Å². The first-order valence-corrected chi connectivity index (χ1v) is 13.7. The molecule has 1 unspecified atom stereocenters. The van der Waals surface area contributed by atoms with Gasteiger partial charge in [-0.05, 0) is 38.0 Å². The van der Waals surface area contributed by atoms with Crippen LogP contribution in [0.2, 0.25) is 0 Å². The Bertz CT molecular complexity index is 1330. The minimum atomic E-state index is -0.555. The molecule has 3 aliphatic heterocycles. The summed E-state index contributed by atoms with van der Waals surface area (Å²) in [5, 5.41) is 0.939. The number of nitrogens with two attached hydrogens (primary N) is 1. The molecule has 6 rings (SSSR count). The van der Waals surface area contributed by atoms with E-state index in [2.05, 4.69) is 20.9 Å². The lowest BCUT2D eigenvalue weighted by molar-refractivity contribution is -0.114. The number of aryl methyl sites for hydroxylation is 1. The highest BCUT2D eigenvalue weighted by Crippen LogP contribution is 2.44. The Morgan fingerprint density at radius 2 is 1.84 bits per heavy atom. The highest BCUT2D eigenvalue weighted by molar-refractivity contribution is 7.22. The van der Waals surface area contributed by atoms with Crippen LogP contribution in [0, 0.1) is 6.92 Å². The quantitative estimate of drug-likeness (QED) is 0.540. The molecule has 3 aromatic heterocycles. The molecule has 10 nitrogen and oxygen atoms in total. The molecule has 2 fully saturated rings. The van der Waals surface area contributed by atoms with E-state index in [1.54, 1.807) is 17.5 Å². The average Bonchev–Trinajstić information content (AvgIpc) is 3.44. The first kappa shape index (κ1) is 23.9. The lowest BCUT2D eigenvalue weighted by Crippen LogP contribution is -2.36. The topological polar surface area (TPSA) is 110 Å². The van der Waals surface area contributed by atoms with Crippen LogP contribution in [0.25, 0.3) is 10.3 Å². The van der Waals surface area contributed by atoms with Crippen LogP contribution in [0.4, 0.5) is 16.6 Å². The molecule has 1 atom stereocenters. The van der Waals surface area contributed by atoms with Gasteiger partial charge < -0.3 is 25.0 Å². The van der Waals surface area contributed by atoms with Crippen LogP contribution < -0.4 is 20.4 Å². The Kier molecular flexibility index (Phi) is 6.56. The third-order valence-corrected chi connectivity index (χ3v) is 8.09. The van der Waals surface area contributed by atoms with Crippen molar-refractivity contribution >= 4 is 44.2 Å². The van der Waals surface area contributed by atoms with Crippen molar-refractivity contribution in [1.82, 2.24) is 15.0 Å². The number of thiazole rings is 1. The zero-order chi connectivity index (χ0) is 25.4. The summed E-state index contributed by atoms with van der Waals surface area (Å²) in [5.41, 5.74) is 9.44. The Morgan fingerprint density at radius 3 is 2.57 bits per heavy atom. The van der Waals surface area contributed by atoms with E-state index in [0.29, 0.717) is 18.9 Å². The molecule has 11 heteroatoms. The van der Waals surface area contributed by atoms with Gasteiger partial charge in [-0.25, -0.2) is 4.98 Å². The third kappa shape index (κ3) is 4.69. The molecule has 2 saturated heterocycles. The van der Waals surface area contributed by atoms with Gasteiger partial charge in [-0.3, -0.25) is 14.7 Å². The molecule has 194 valence electrons. The van der Waals surface area contributed by atoms with Crippen molar-refractivity contribution in [2.75, 3.05) is 54.1 Å². The maximum atomic E-state index is 12.6. The second kappa shape index (κ2) is 10.1. The molecule has 2 N–H and O–H groups in total. The van der Waals surface area contributed by atoms with Crippen LogP contribution in [0.1, 0.15) is 43.2 Å². The number of carbonyl (C=O) groups excluding carboxylic acids is 1. The number of primary amides is 1. The number of morpholine rings is 1. The number of amides is 1. The van der Waals surface area contributed by atoms with Gasteiger partial charge in [-0.1, -0.05) is 24.2 Å². The van der Waals surface area contributed by atoms with Gasteiger partial charge in [-0.15, -0.1) is 0 Å². The van der Waals surface area contributed by atoms with Crippen LogP contribution in [-0.2, 0) is 14.3 Å². The number of aromatic nitrogens is 3. The van der Waals surface area contributed by atoms with Crippen LogP contribution in [0.5, 0.6) is 0 Å². The van der Waals surface area contributed by atoms with Crippen LogP contribution in [0.3, 0.4) is 0 Å². The Morgan fingerprint density at radius 1 is 1.05 bits per heavy atom. The predicted octanol–water partition coefficient (Wildman–Crippen LogP) is 3.47. The van der Waals surface area contributed by atoms with E-state index in [0.717, 1.165) is 77.3 Å². The molecular formula is C26H31N7O3S. The number of fused-ring (bicyclic) bond motifs is 1. The van der Waals surface area contributed by atoms with E-state index < -0.39 is 12.1 Å². The van der Waals surface area contributed by atoms with E-state index in [-0.39, 0.29) is 0 Å². The van der Waals surface area contributed by atoms with Crippen molar-refractivity contribution in [1.29, 1.82) is 0 Å². The number of rotatable bonds is 5. The van der Waals surface area contributed by atoms with E-state index in [4.69, 9.17) is 25.2 Å². The monoisotopic (exact) mass is 521 g/mol. The number of carbonyl (C=O) groups is 1. The normalized spacial score (nSPS) is 20.6. The molecule has 1 amide bonds. The molecule has 0 aliphatic carbocycles. The first-order valence-electron chi connectivity index (χ1n) is 12.8. The van der Waals surface area contributed by atoms with Crippen LogP contribution >= 0.6 is 11.3 Å². The highest BCUT2D eigenvalue weighted by Gasteiger charge is 2.37. The van der Waals surface area contributed by atoms with E-state index in [9.17, 15) is 4.79 Å². The zero-order valence-electron chi connectivity index (χ0n) is 20.9. The first-order chi connectivity index (χ1) is 18.1. The average molecular weight is 522 g/mol. The second-order valence-electron chi connectivity index (χ2n) is 9.61. The molecule has 3 aliphatic rings. The standard InChI is InChI=1S/C26H31N7O3S/c1-17-14-18(6-7-28-17)25-33(20(16-36-25)22(27)34)19-15-21-23(29-24(19)31-8-4-2-3-5-9-31)30-26(37-21)32-10-12-35-13-11-32/h6-7,14-16,25H,2-5,8-13H2,1H3,(H2,27,34). The Balaban J connectivity index is 1.50. The summed E-state index contributed by atoms with van der Waals surface area (Å²) in [5.74, 6) is 0.259. The molecular weight excluding hydrogens is 490 g/mol. The van der Waals surface area contributed by atoms with Crippen LogP contribution in [0.15, 0.2) is 36.4 Å². The van der Waals surface area contributed by atoms with Gasteiger partial charge in [0.15, 0.2) is 16.6 Å². The van der Waals surface area contributed by atoms with Gasteiger partial charge in [0, 0.05) is 43.6 Å². The fraction of sp³-hybridized carbons (Fsp3) is 0.462. The van der Waals surface area contributed by atoms with Crippen molar-refractivity contribution in [2.45, 2.75) is 38.8 Å². The summed E-state index contributed by atoms with van der Waals surface area (Å²) in [6.07, 6.45) is 7.25. The highest BCUT2D eigenvalue weighted by atomic mass is 32.1. The van der Waals surface area contributed by atoms with Crippen molar-refractivity contribution < 1.29 is 14.3 Å². The number of ether oxygens (including phenoxy) is 2. The Hall–Kier alpha value is -3.44. The maximum Gasteiger partial charge on any atom is 0.268 e. The van der Waals surface area contributed by atoms with Gasteiger partial charge in [-0.2, -0.15) is 4.98 Å². The summed E-state index contributed by atoms with van der Waals surface area (Å²) < 4.78 is 12.5. The third-order valence-electron chi connectivity index (χ3n) is 7.04. The number of pyridine rings is 2. The van der Waals surface area contributed by atoms with Gasteiger partial charge in [0.05, 0.1) is 23.6 Å². The smallest absolute Gasteiger partial charge is 0.268 e. The van der Waals surface area contributed by atoms with E-state index in [1.807, 2.05) is 24.0 Å². The number of hydrogen-bond donors (Lipinski definition) is 1. The fourth-order valence-corrected chi connectivity index (χ4v) is 6.16. The van der Waals surface area contributed by atoms with E-state index >= 15 is 0 Å². The van der Waals surface area contributed by atoms with Crippen molar-refractivity contribution in [3.8, 4) is 0 Å². The molecule has 0 aromatic carbocycles. The maximum absolute atomic E-state index is 12.6. The summed E-state index contributed by atoms with van der Waals surface area (Å²) in [7, 11) is 0. The number of nitrogens with zero attached hydrogens (tertiary/aromatic N) is 6. The number of anilines is 3. The molecule has 0 saturated carbocycles. The zero-order valence-corrected chi connectivity index (χ0v) is 21.7. The fourth-order valence-electron chi connectivity index (χ4n) is 5.17. The van der Waals surface area contributed by atoms with Crippen molar-refractivity contribution in [2.24, 2.45) is 5.73 Å². The largest absolute Gasteiger partial charge is 0.471 e. The molecule has 3 aromatic rings. The van der Waals surface area contributed by atoms with Crippen molar-refractivity contribution in [3.05, 3.63) is 47.6 Å². The SMILES string of the molecule is Cc1cc(C2OC=C(C(N)=O)N2c2cc3sc(N4CCOCC4)nc3nc2N2CCCCCC2)ccn1. The Labute approximate surface area is 219 Å². The predicted molar refractivity (Wildman–Crippen MR) is 144 cm³/mol. The summed E-state index contributed by atoms with van der Waals surface area (Å²) in [6, 6.07) is 5.97. The summed E-state index contributed by atoms with van der Waals surface area (Å²) in [6.45, 7) is 6.74. The molecule has 37 heavy (non-hydrogen) atoms. The lowest BCUT2D eigenvalue weighted by Gasteiger charge is -2.32. The number of hydrogen-bond acceptors (Lipinski definition) is 10. The van der Waals surface area contributed by atoms with Crippen molar-refractivity contribution in [3.63, 3.8) is 0 Å². The van der Waals surface area contributed by atoms with E-state index in [1.165, 1.54) is 19.1 Å². The van der Waals surface area contributed by atoms with Crippen LogP contribution in [-0.4, -0.2) is 60.3 Å². The van der Waals surface area contributed by atoms with Gasteiger partial charge in [0.25, 0.3) is 5.91 Å². The summed E-state index contributed by atoms with van der Waals surface area (Å²) in [4.78, 5) is 33.4. The lowest BCUT2D eigenvalue weighted by atomic mass is 10.1. The van der Waals surface area contributed by atoms with Gasteiger partial charge in [0.1, 0.15) is 12.0 Å². The van der Waals surface area contributed by atoms with Gasteiger partial charge >= 0.3 is 0 Å². The second-order valence-corrected chi connectivity index (χ2v) is 10.6. The minimum Gasteiger partial charge on any atom is -0.471 e. The molecule has 0 radical (unpaired) electrons. The molecule has 6 heterocycles.